The summed E-state index contributed by atoms with van der Waals surface area (Å²) in [5.41, 5.74) is 2.11. The van der Waals surface area contributed by atoms with Crippen LogP contribution in [0.5, 0.6) is 0 Å². The number of carbonyl (C=O) groups excluding carboxylic acids is 1. The monoisotopic (exact) mass is 345 g/mol. The molecular formula is C23H39NO. The summed E-state index contributed by atoms with van der Waals surface area (Å²) in [5, 5.41) is 3.05. The predicted octanol–water partition coefficient (Wildman–Crippen LogP) is 6.68. The normalized spacial score (nSPS) is 10.8. The smallest absolute Gasteiger partial charge is 0.251 e. The van der Waals surface area contributed by atoms with E-state index in [1.54, 1.807) is 0 Å². The van der Waals surface area contributed by atoms with Gasteiger partial charge in [-0.2, -0.15) is 0 Å². The Hall–Kier alpha value is -1.31. The molecule has 0 aliphatic carbocycles. The van der Waals surface area contributed by atoms with E-state index in [0.29, 0.717) is 0 Å². The molecule has 1 rings (SSSR count). The number of benzene rings is 1. The van der Waals surface area contributed by atoms with Crippen LogP contribution in [0.3, 0.4) is 0 Å². The van der Waals surface area contributed by atoms with Crippen molar-refractivity contribution >= 4 is 5.91 Å². The maximum absolute atomic E-state index is 12.1. The average molecular weight is 346 g/mol. The molecule has 1 aromatic rings. The molecule has 1 N–H and O–H groups in total. The van der Waals surface area contributed by atoms with Crippen LogP contribution in [0.15, 0.2) is 24.3 Å². The summed E-state index contributed by atoms with van der Waals surface area (Å²) >= 11 is 0. The van der Waals surface area contributed by atoms with Crippen LogP contribution in [-0.2, 0) is 6.42 Å². The van der Waals surface area contributed by atoms with E-state index in [0.717, 1.165) is 24.9 Å². The van der Waals surface area contributed by atoms with E-state index in [2.05, 4.69) is 31.3 Å². The van der Waals surface area contributed by atoms with Crippen molar-refractivity contribution < 1.29 is 4.79 Å². The van der Waals surface area contributed by atoms with Crippen molar-refractivity contribution in [2.75, 3.05) is 6.54 Å². The first-order chi connectivity index (χ1) is 12.3. The Bertz CT molecular complexity index is 438. The first-order valence-corrected chi connectivity index (χ1v) is 10.6. The second kappa shape index (κ2) is 15.0. The molecule has 0 bridgehead atoms. The number of amides is 1. The minimum atomic E-state index is 0.0676. The third-order valence-electron chi connectivity index (χ3n) is 4.85. The van der Waals surface area contributed by atoms with Crippen molar-refractivity contribution in [3.05, 3.63) is 35.4 Å². The summed E-state index contributed by atoms with van der Waals surface area (Å²) in [5.74, 6) is 0.0676. The Morgan fingerprint density at radius 2 is 1.24 bits per heavy atom. The quantitative estimate of drug-likeness (QED) is 0.353. The molecule has 0 aliphatic rings. The molecule has 142 valence electrons. The van der Waals surface area contributed by atoms with Gasteiger partial charge in [-0.15, -0.1) is 0 Å². The molecule has 1 aromatic carbocycles. The first-order valence-electron chi connectivity index (χ1n) is 10.6. The second-order valence-corrected chi connectivity index (χ2v) is 7.24. The molecule has 0 radical (unpaired) electrons. The zero-order valence-electron chi connectivity index (χ0n) is 16.6. The van der Waals surface area contributed by atoms with Crippen LogP contribution in [-0.4, -0.2) is 12.5 Å². The van der Waals surface area contributed by atoms with Gasteiger partial charge in [-0.1, -0.05) is 90.2 Å². The highest BCUT2D eigenvalue weighted by Crippen LogP contribution is 2.11. The van der Waals surface area contributed by atoms with E-state index in [9.17, 15) is 4.79 Å². The maximum atomic E-state index is 12.1. The average Bonchev–Trinajstić information content (AvgIpc) is 2.64. The topological polar surface area (TPSA) is 29.1 Å². The van der Waals surface area contributed by atoms with Gasteiger partial charge in [0.05, 0.1) is 0 Å². The number of hydrogen-bond acceptors (Lipinski definition) is 1. The fraction of sp³-hybridized carbons (Fsp3) is 0.696. The minimum Gasteiger partial charge on any atom is -0.352 e. The molecule has 0 fully saturated rings. The van der Waals surface area contributed by atoms with Crippen LogP contribution < -0.4 is 5.32 Å². The van der Waals surface area contributed by atoms with E-state index >= 15 is 0 Å². The largest absolute Gasteiger partial charge is 0.352 e. The zero-order valence-corrected chi connectivity index (χ0v) is 16.6. The lowest BCUT2D eigenvalue weighted by Gasteiger charge is -2.06. The molecule has 0 aromatic heterocycles. The second-order valence-electron chi connectivity index (χ2n) is 7.24. The highest BCUT2D eigenvalue weighted by Gasteiger charge is 2.04. The van der Waals surface area contributed by atoms with Crippen molar-refractivity contribution in [3.8, 4) is 0 Å². The molecule has 25 heavy (non-hydrogen) atoms. The van der Waals surface area contributed by atoms with Gasteiger partial charge in [0.25, 0.3) is 5.91 Å². The summed E-state index contributed by atoms with van der Waals surface area (Å²) in [6, 6.07) is 8.09. The highest BCUT2D eigenvalue weighted by atomic mass is 16.1. The Balaban J connectivity index is 2.01. The van der Waals surface area contributed by atoms with Crippen molar-refractivity contribution in [1.29, 1.82) is 0 Å². The van der Waals surface area contributed by atoms with Gasteiger partial charge < -0.3 is 5.32 Å². The van der Waals surface area contributed by atoms with Crippen LogP contribution >= 0.6 is 0 Å². The third kappa shape index (κ3) is 11.0. The predicted molar refractivity (Wildman–Crippen MR) is 109 cm³/mol. The maximum Gasteiger partial charge on any atom is 0.251 e. The molecule has 0 aliphatic heterocycles. The van der Waals surface area contributed by atoms with E-state index in [-0.39, 0.29) is 5.91 Å². The highest BCUT2D eigenvalue weighted by molar-refractivity contribution is 5.94. The van der Waals surface area contributed by atoms with Crippen molar-refractivity contribution in [2.45, 2.75) is 97.3 Å². The van der Waals surface area contributed by atoms with E-state index in [1.807, 2.05) is 12.1 Å². The summed E-state index contributed by atoms with van der Waals surface area (Å²) < 4.78 is 0. The lowest BCUT2D eigenvalue weighted by molar-refractivity contribution is 0.0953. The first kappa shape index (κ1) is 21.7. The van der Waals surface area contributed by atoms with Crippen LogP contribution in [0.4, 0.5) is 0 Å². The van der Waals surface area contributed by atoms with E-state index in [1.165, 1.54) is 76.2 Å². The molecule has 2 nitrogen and oxygen atoms in total. The van der Waals surface area contributed by atoms with Crippen LogP contribution in [0, 0.1) is 0 Å². The standard InChI is InChI=1S/C23H39NO/c1-3-5-7-8-9-10-11-12-13-14-20-24-23(25)22-18-16-21(17-19-22)15-6-4-2/h16-19H,3-15,20H2,1-2H3,(H,24,25). The molecule has 0 heterocycles. The Kier molecular flexibility index (Phi) is 13.0. The number of unbranched alkanes of at least 4 members (excludes halogenated alkanes) is 10. The molecule has 1 amide bonds. The summed E-state index contributed by atoms with van der Waals surface area (Å²) in [4.78, 5) is 12.1. The summed E-state index contributed by atoms with van der Waals surface area (Å²) in [6.45, 7) is 5.27. The van der Waals surface area contributed by atoms with Crippen molar-refractivity contribution in [2.24, 2.45) is 0 Å². The zero-order chi connectivity index (χ0) is 18.2. The number of aryl methyl sites for hydroxylation is 1. The molecule has 0 saturated carbocycles. The van der Waals surface area contributed by atoms with Crippen molar-refractivity contribution in [1.82, 2.24) is 5.32 Å². The van der Waals surface area contributed by atoms with Gasteiger partial charge >= 0.3 is 0 Å². The van der Waals surface area contributed by atoms with Crippen molar-refractivity contribution in [3.63, 3.8) is 0 Å². The number of nitrogens with one attached hydrogen (secondary N) is 1. The molecule has 0 spiro atoms. The number of hydrogen-bond donors (Lipinski definition) is 1. The molecular weight excluding hydrogens is 306 g/mol. The molecule has 0 saturated heterocycles. The molecule has 0 atom stereocenters. The van der Waals surface area contributed by atoms with Gasteiger partial charge in [-0.05, 0) is 37.0 Å². The molecule has 0 unspecified atom stereocenters. The fourth-order valence-corrected chi connectivity index (χ4v) is 3.12. The van der Waals surface area contributed by atoms with Gasteiger partial charge in [-0.25, -0.2) is 0 Å². The lowest BCUT2D eigenvalue weighted by atomic mass is 10.1. The van der Waals surface area contributed by atoms with Crippen LogP contribution in [0.1, 0.15) is 107 Å². The lowest BCUT2D eigenvalue weighted by Crippen LogP contribution is -2.24. The van der Waals surface area contributed by atoms with Gasteiger partial charge in [0, 0.05) is 12.1 Å². The van der Waals surface area contributed by atoms with Gasteiger partial charge in [0.2, 0.25) is 0 Å². The summed E-state index contributed by atoms with van der Waals surface area (Å²) in [6.07, 6.45) is 16.8. The van der Waals surface area contributed by atoms with Gasteiger partial charge in [0.1, 0.15) is 0 Å². The van der Waals surface area contributed by atoms with Crippen LogP contribution in [0.2, 0.25) is 0 Å². The molecule has 2 heteroatoms. The minimum absolute atomic E-state index is 0.0676. The van der Waals surface area contributed by atoms with Gasteiger partial charge in [0.15, 0.2) is 0 Å². The SMILES string of the molecule is CCCCCCCCCCCCNC(=O)c1ccc(CCCC)cc1. The number of carbonyl (C=O) groups is 1. The summed E-state index contributed by atoms with van der Waals surface area (Å²) in [7, 11) is 0. The number of rotatable bonds is 15. The van der Waals surface area contributed by atoms with Crippen LogP contribution in [0.25, 0.3) is 0 Å². The van der Waals surface area contributed by atoms with E-state index in [4.69, 9.17) is 0 Å². The Morgan fingerprint density at radius 3 is 1.80 bits per heavy atom. The van der Waals surface area contributed by atoms with Gasteiger partial charge in [-0.3, -0.25) is 4.79 Å². The van der Waals surface area contributed by atoms with E-state index < -0.39 is 0 Å². The third-order valence-corrected chi connectivity index (χ3v) is 4.85. The Morgan fingerprint density at radius 1 is 0.720 bits per heavy atom. The fourth-order valence-electron chi connectivity index (χ4n) is 3.12. The Labute approximate surface area is 155 Å².